The van der Waals surface area contributed by atoms with Gasteiger partial charge >= 0.3 is 0 Å². The van der Waals surface area contributed by atoms with Crippen molar-refractivity contribution < 1.29 is 0 Å². The topological polar surface area (TPSA) is 65.1 Å². The molecule has 0 saturated heterocycles. The summed E-state index contributed by atoms with van der Waals surface area (Å²) < 4.78 is 0. The normalized spacial score (nSPS) is 12.2. The molecule has 18 heavy (non-hydrogen) atoms. The van der Waals surface area contributed by atoms with E-state index in [-0.39, 0.29) is 0 Å². The van der Waals surface area contributed by atoms with Crippen LogP contribution in [0.1, 0.15) is 26.3 Å². The maximum atomic E-state index is 9.07. The van der Waals surface area contributed by atoms with Gasteiger partial charge in [0.15, 0.2) is 0 Å². The molecule has 1 aromatic carbocycles. The van der Waals surface area contributed by atoms with Crippen molar-refractivity contribution in [3.8, 4) is 6.07 Å². The Morgan fingerprint density at radius 1 is 1.39 bits per heavy atom. The van der Waals surface area contributed by atoms with Crippen molar-refractivity contribution in [1.82, 2.24) is 4.90 Å². The number of nitrogen functional groups attached to an aromatic ring is 1. The molecule has 3 N–H and O–H groups in total. The first-order valence-corrected chi connectivity index (χ1v) is 6.39. The average Bonchev–Trinajstić information content (AvgIpc) is 2.38. The number of benzene rings is 1. The Kier molecular flexibility index (Phi) is 5.47. The van der Waals surface area contributed by atoms with Gasteiger partial charge in [0.25, 0.3) is 0 Å². The van der Waals surface area contributed by atoms with E-state index in [2.05, 4.69) is 37.1 Å². The number of anilines is 2. The van der Waals surface area contributed by atoms with Crippen LogP contribution in [0, 0.1) is 11.3 Å². The van der Waals surface area contributed by atoms with E-state index < -0.39 is 0 Å². The summed E-state index contributed by atoms with van der Waals surface area (Å²) in [5.41, 5.74) is 7.74. The Morgan fingerprint density at radius 2 is 2.06 bits per heavy atom. The van der Waals surface area contributed by atoms with E-state index in [1.807, 2.05) is 12.1 Å². The van der Waals surface area contributed by atoms with Crippen LogP contribution in [-0.4, -0.2) is 30.6 Å². The summed E-state index contributed by atoms with van der Waals surface area (Å²) in [6.45, 7) is 9.46. The Morgan fingerprint density at radius 3 is 2.61 bits per heavy atom. The van der Waals surface area contributed by atoms with Gasteiger partial charge < -0.3 is 16.0 Å². The van der Waals surface area contributed by atoms with E-state index >= 15 is 0 Å². The molecule has 0 aliphatic rings. The fourth-order valence-electron chi connectivity index (χ4n) is 1.96. The Labute approximate surface area is 109 Å². The van der Waals surface area contributed by atoms with Crippen LogP contribution in [0.25, 0.3) is 0 Å². The molecule has 1 aromatic rings. The number of rotatable bonds is 6. The lowest BCUT2D eigenvalue weighted by Crippen LogP contribution is -2.34. The molecular weight excluding hydrogens is 224 g/mol. The van der Waals surface area contributed by atoms with Gasteiger partial charge in [-0.25, -0.2) is 0 Å². The Balaban J connectivity index is 2.70. The SMILES string of the molecule is CCN(CC)CC(C)Nc1ccc(N)cc1C#N. The molecule has 4 heteroatoms. The minimum Gasteiger partial charge on any atom is -0.399 e. The number of nitrogens with zero attached hydrogens (tertiary/aromatic N) is 2. The van der Waals surface area contributed by atoms with Crippen molar-refractivity contribution in [2.24, 2.45) is 0 Å². The van der Waals surface area contributed by atoms with Crippen LogP contribution in [0.5, 0.6) is 0 Å². The van der Waals surface area contributed by atoms with Crippen molar-refractivity contribution >= 4 is 11.4 Å². The molecule has 0 aromatic heterocycles. The van der Waals surface area contributed by atoms with Gasteiger partial charge in [0.1, 0.15) is 6.07 Å². The van der Waals surface area contributed by atoms with Crippen LogP contribution in [0.4, 0.5) is 11.4 Å². The van der Waals surface area contributed by atoms with Gasteiger partial charge in [0, 0.05) is 18.3 Å². The highest BCUT2D eigenvalue weighted by atomic mass is 15.1. The number of hydrogen-bond acceptors (Lipinski definition) is 4. The third kappa shape index (κ3) is 3.94. The lowest BCUT2D eigenvalue weighted by Gasteiger charge is -2.24. The molecule has 0 saturated carbocycles. The van der Waals surface area contributed by atoms with Crippen LogP contribution in [-0.2, 0) is 0 Å². The van der Waals surface area contributed by atoms with Crippen LogP contribution in [0.3, 0.4) is 0 Å². The summed E-state index contributed by atoms with van der Waals surface area (Å²) in [6.07, 6.45) is 0. The molecule has 98 valence electrons. The predicted molar refractivity (Wildman–Crippen MR) is 76.4 cm³/mol. The van der Waals surface area contributed by atoms with Gasteiger partial charge in [-0.3, -0.25) is 0 Å². The van der Waals surface area contributed by atoms with Crippen LogP contribution in [0.15, 0.2) is 18.2 Å². The number of likely N-dealkylation sites (N-methyl/N-ethyl adjacent to an activating group) is 1. The lowest BCUT2D eigenvalue weighted by molar-refractivity contribution is 0.295. The summed E-state index contributed by atoms with van der Waals surface area (Å²) in [6, 6.07) is 7.84. The molecule has 1 atom stereocenters. The fourth-order valence-corrected chi connectivity index (χ4v) is 1.96. The molecule has 1 unspecified atom stereocenters. The zero-order valence-electron chi connectivity index (χ0n) is 11.4. The first kappa shape index (κ1) is 14.3. The third-order valence-corrected chi connectivity index (χ3v) is 2.99. The van der Waals surface area contributed by atoms with Crippen molar-refractivity contribution in [2.75, 3.05) is 30.7 Å². The zero-order chi connectivity index (χ0) is 13.5. The molecule has 0 spiro atoms. The van der Waals surface area contributed by atoms with Crippen molar-refractivity contribution in [2.45, 2.75) is 26.8 Å². The maximum absolute atomic E-state index is 9.07. The average molecular weight is 246 g/mol. The molecule has 0 fully saturated rings. The monoisotopic (exact) mass is 246 g/mol. The molecule has 0 aliphatic heterocycles. The van der Waals surface area contributed by atoms with Crippen molar-refractivity contribution in [3.63, 3.8) is 0 Å². The van der Waals surface area contributed by atoms with Crippen molar-refractivity contribution in [3.05, 3.63) is 23.8 Å². The molecule has 0 amide bonds. The highest BCUT2D eigenvalue weighted by Gasteiger charge is 2.09. The quantitative estimate of drug-likeness (QED) is 0.756. The molecule has 0 aliphatic carbocycles. The molecule has 0 heterocycles. The van der Waals surface area contributed by atoms with Gasteiger partial charge in [-0.15, -0.1) is 0 Å². The minimum absolute atomic E-state index is 0.292. The lowest BCUT2D eigenvalue weighted by atomic mass is 10.1. The van der Waals surface area contributed by atoms with Crippen molar-refractivity contribution in [1.29, 1.82) is 5.26 Å². The molecular formula is C14H22N4. The highest BCUT2D eigenvalue weighted by Crippen LogP contribution is 2.18. The highest BCUT2D eigenvalue weighted by molar-refractivity contribution is 5.63. The largest absolute Gasteiger partial charge is 0.399 e. The van der Waals surface area contributed by atoms with E-state index in [0.717, 1.165) is 25.3 Å². The molecule has 4 nitrogen and oxygen atoms in total. The molecule has 0 bridgehead atoms. The number of hydrogen-bond donors (Lipinski definition) is 2. The van der Waals surface area contributed by atoms with E-state index in [9.17, 15) is 0 Å². The van der Waals surface area contributed by atoms with Gasteiger partial charge in [0.05, 0.1) is 11.3 Å². The standard InChI is InChI=1S/C14H22N4/c1-4-18(5-2)10-11(3)17-14-7-6-13(16)8-12(14)9-15/h6-8,11,17H,4-5,10,16H2,1-3H3. The maximum Gasteiger partial charge on any atom is 0.101 e. The predicted octanol–water partition coefficient (Wildman–Crippen LogP) is 2.28. The van der Waals surface area contributed by atoms with E-state index in [1.165, 1.54) is 0 Å². The van der Waals surface area contributed by atoms with Gasteiger partial charge in [-0.2, -0.15) is 5.26 Å². The fraction of sp³-hybridized carbons (Fsp3) is 0.500. The number of nitrogens with one attached hydrogen (secondary N) is 1. The second-order valence-electron chi connectivity index (χ2n) is 4.45. The van der Waals surface area contributed by atoms with Crippen LogP contribution >= 0.6 is 0 Å². The second kappa shape index (κ2) is 6.87. The first-order valence-electron chi connectivity index (χ1n) is 6.39. The first-order chi connectivity index (χ1) is 8.60. The summed E-state index contributed by atoms with van der Waals surface area (Å²) in [5.74, 6) is 0. The summed E-state index contributed by atoms with van der Waals surface area (Å²) in [7, 11) is 0. The summed E-state index contributed by atoms with van der Waals surface area (Å²) >= 11 is 0. The van der Waals surface area contributed by atoms with Crippen LogP contribution < -0.4 is 11.1 Å². The summed E-state index contributed by atoms with van der Waals surface area (Å²) in [4.78, 5) is 2.35. The Hall–Kier alpha value is -1.73. The van der Waals surface area contributed by atoms with Gasteiger partial charge in [-0.05, 0) is 38.2 Å². The van der Waals surface area contributed by atoms with E-state index in [0.29, 0.717) is 17.3 Å². The summed E-state index contributed by atoms with van der Waals surface area (Å²) in [5, 5.41) is 12.4. The Bertz CT molecular complexity index is 418. The molecule has 0 radical (unpaired) electrons. The zero-order valence-corrected chi connectivity index (χ0v) is 11.4. The number of nitrogens with two attached hydrogens (primary N) is 1. The van der Waals surface area contributed by atoms with Gasteiger partial charge in [0.2, 0.25) is 0 Å². The third-order valence-electron chi connectivity index (χ3n) is 2.99. The van der Waals surface area contributed by atoms with E-state index in [4.69, 9.17) is 11.0 Å². The van der Waals surface area contributed by atoms with Crippen LogP contribution in [0.2, 0.25) is 0 Å². The smallest absolute Gasteiger partial charge is 0.101 e. The second-order valence-corrected chi connectivity index (χ2v) is 4.45. The van der Waals surface area contributed by atoms with E-state index in [1.54, 1.807) is 6.07 Å². The van der Waals surface area contributed by atoms with Gasteiger partial charge in [-0.1, -0.05) is 13.8 Å². The molecule has 1 rings (SSSR count). The minimum atomic E-state index is 0.292. The number of nitriles is 1.